The zero-order valence-electron chi connectivity index (χ0n) is 7.01. The summed E-state index contributed by atoms with van der Waals surface area (Å²) in [6, 6.07) is 0. The quantitative estimate of drug-likeness (QED) is 0.585. The molecule has 1 heteroatoms. The molecule has 0 fully saturated rings. The molecule has 0 aliphatic heterocycles. The van der Waals surface area contributed by atoms with Gasteiger partial charge in [-0.3, -0.25) is 0 Å². The van der Waals surface area contributed by atoms with Crippen molar-refractivity contribution in [2.24, 2.45) is 0 Å². The molecule has 0 saturated carbocycles. The SMILES string of the molecule is CCCC=CCCC(C)O. The molecule has 0 aliphatic rings. The molecule has 0 aliphatic carbocycles. The van der Waals surface area contributed by atoms with Gasteiger partial charge in [0.15, 0.2) is 0 Å². The summed E-state index contributed by atoms with van der Waals surface area (Å²) in [7, 11) is 0. The molecule has 0 heterocycles. The van der Waals surface area contributed by atoms with Gasteiger partial charge in [0.1, 0.15) is 0 Å². The Balaban J connectivity index is 3.02. The molecule has 0 radical (unpaired) electrons. The van der Waals surface area contributed by atoms with Gasteiger partial charge in [0.05, 0.1) is 6.10 Å². The normalized spacial score (nSPS) is 14.3. The number of hydrogen-bond acceptors (Lipinski definition) is 1. The first-order chi connectivity index (χ1) is 4.77. The van der Waals surface area contributed by atoms with Crippen molar-refractivity contribution in [3.05, 3.63) is 12.2 Å². The maximum Gasteiger partial charge on any atom is 0.0515 e. The van der Waals surface area contributed by atoms with E-state index in [1.165, 1.54) is 12.8 Å². The Morgan fingerprint density at radius 1 is 1.30 bits per heavy atom. The molecular formula is C9H18O. The number of allylic oxidation sites excluding steroid dienone is 2. The maximum atomic E-state index is 8.88. The fourth-order valence-corrected chi connectivity index (χ4v) is 0.740. The Hall–Kier alpha value is -0.300. The lowest BCUT2D eigenvalue weighted by atomic mass is 10.2. The summed E-state index contributed by atoms with van der Waals surface area (Å²) in [4.78, 5) is 0. The van der Waals surface area contributed by atoms with Gasteiger partial charge in [-0.2, -0.15) is 0 Å². The molecule has 60 valence electrons. The molecule has 0 spiro atoms. The van der Waals surface area contributed by atoms with Crippen LogP contribution < -0.4 is 0 Å². The van der Waals surface area contributed by atoms with Gasteiger partial charge in [0.2, 0.25) is 0 Å². The fraction of sp³-hybridized carbons (Fsp3) is 0.778. The highest BCUT2D eigenvalue weighted by Gasteiger charge is 1.90. The second-order valence-electron chi connectivity index (χ2n) is 2.69. The zero-order valence-corrected chi connectivity index (χ0v) is 7.01. The van der Waals surface area contributed by atoms with Gasteiger partial charge < -0.3 is 5.11 Å². The van der Waals surface area contributed by atoms with Crippen LogP contribution in [0.3, 0.4) is 0 Å². The molecule has 0 aromatic heterocycles. The largest absolute Gasteiger partial charge is 0.393 e. The number of aliphatic hydroxyl groups excluding tert-OH is 1. The van der Waals surface area contributed by atoms with Crippen molar-refractivity contribution in [3.63, 3.8) is 0 Å². The van der Waals surface area contributed by atoms with Gasteiger partial charge in [-0.05, 0) is 26.2 Å². The summed E-state index contributed by atoms with van der Waals surface area (Å²) < 4.78 is 0. The fourth-order valence-electron chi connectivity index (χ4n) is 0.740. The maximum absolute atomic E-state index is 8.88. The van der Waals surface area contributed by atoms with Crippen LogP contribution in [0.4, 0.5) is 0 Å². The van der Waals surface area contributed by atoms with Gasteiger partial charge >= 0.3 is 0 Å². The highest BCUT2D eigenvalue weighted by molar-refractivity contribution is 4.81. The highest BCUT2D eigenvalue weighted by atomic mass is 16.3. The van der Waals surface area contributed by atoms with Crippen molar-refractivity contribution >= 4 is 0 Å². The van der Waals surface area contributed by atoms with Gasteiger partial charge in [0.25, 0.3) is 0 Å². The topological polar surface area (TPSA) is 20.2 Å². The summed E-state index contributed by atoms with van der Waals surface area (Å²) in [5, 5.41) is 8.88. The van der Waals surface area contributed by atoms with Crippen LogP contribution >= 0.6 is 0 Å². The minimum Gasteiger partial charge on any atom is -0.393 e. The second kappa shape index (κ2) is 6.81. The van der Waals surface area contributed by atoms with Gasteiger partial charge in [-0.15, -0.1) is 0 Å². The highest BCUT2D eigenvalue weighted by Crippen LogP contribution is 1.98. The van der Waals surface area contributed by atoms with E-state index in [0.29, 0.717) is 0 Å². The molecular weight excluding hydrogens is 124 g/mol. The third kappa shape index (κ3) is 7.70. The molecule has 0 aromatic carbocycles. The van der Waals surface area contributed by atoms with Crippen molar-refractivity contribution in [1.82, 2.24) is 0 Å². The van der Waals surface area contributed by atoms with Crippen molar-refractivity contribution in [3.8, 4) is 0 Å². The third-order valence-corrected chi connectivity index (χ3v) is 1.37. The second-order valence-corrected chi connectivity index (χ2v) is 2.69. The summed E-state index contributed by atoms with van der Waals surface area (Å²) in [6.45, 7) is 3.99. The lowest BCUT2D eigenvalue weighted by molar-refractivity contribution is 0.186. The van der Waals surface area contributed by atoms with Crippen molar-refractivity contribution < 1.29 is 5.11 Å². The van der Waals surface area contributed by atoms with Crippen LogP contribution in [0.5, 0.6) is 0 Å². The molecule has 10 heavy (non-hydrogen) atoms. The molecule has 0 amide bonds. The van der Waals surface area contributed by atoms with E-state index < -0.39 is 0 Å². The van der Waals surface area contributed by atoms with E-state index in [9.17, 15) is 0 Å². The number of aliphatic hydroxyl groups is 1. The first-order valence-electron chi connectivity index (χ1n) is 4.10. The lowest BCUT2D eigenvalue weighted by Crippen LogP contribution is -1.96. The summed E-state index contributed by atoms with van der Waals surface area (Å²) in [5.74, 6) is 0. The molecule has 0 bridgehead atoms. The van der Waals surface area contributed by atoms with E-state index in [0.717, 1.165) is 12.8 Å². The van der Waals surface area contributed by atoms with Crippen molar-refractivity contribution in [2.45, 2.75) is 45.6 Å². The molecule has 0 saturated heterocycles. The first kappa shape index (κ1) is 9.70. The van der Waals surface area contributed by atoms with Crippen LogP contribution in [0, 0.1) is 0 Å². The lowest BCUT2D eigenvalue weighted by Gasteiger charge is -1.97. The first-order valence-corrected chi connectivity index (χ1v) is 4.10. The minimum absolute atomic E-state index is 0.147. The Labute approximate surface area is 63.8 Å². The van der Waals surface area contributed by atoms with E-state index >= 15 is 0 Å². The van der Waals surface area contributed by atoms with E-state index in [-0.39, 0.29) is 6.10 Å². The van der Waals surface area contributed by atoms with Crippen LogP contribution in [0.25, 0.3) is 0 Å². The molecule has 0 aromatic rings. The minimum atomic E-state index is -0.147. The van der Waals surface area contributed by atoms with Crippen LogP contribution in [0.1, 0.15) is 39.5 Å². The monoisotopic (exact) mass is 142 g/mol. The van der Waals surface area contributed by atoms with Crippen LogP contribution in [-0.2, 0) is 0 Å². The van der Waals surface area contributed by atoms with Gasteiger partial charge in [0, 0.05) is 0 Å². The summed E-state index contributed by atoms with van der Waals surface area (Å²) >= 11 is 0. The predicted octanol–water partition coefficient (Wildman–Crippen LogP) is 2.50. The van der Waals surface area contributed by atoms with Crippen LogP contribution in [0.15, 0.2) is 12.2 Å². The van der Waals surface area contributed by atoms with Crippen molar-refractivity contribution in [2.75, 3.05) is 0 Å². The smallest absolute Gasteiger partial charge is 0.0515 e. The zero-order chi connectivity index (χ0) is 7.82. The summed E-state index contributed by atoms with van der Waals surface area (Å²) in [5.41, 5.74) is 0. The number of unbranched alkanes of at least 4 members (excludes halogenated alkanes) is 1. The predicted molar refractivity (Wildman–Crippen MR) is 45.0 cm³/mol. The molecule has 1 nitrogen and oxygen atoms in total. The average molecular weight is 142 g/mol. The van der Waals surface area contributed by atoms with E-state index in [2.05, 4.69) is 19.1 Å². The Bertz CT molecular complexity index is 84.7. The average Bonchev–Trinajstić information content (AvgIpc) is 1.87. The Morgan fingerprint density at radius 2 is 1.90 bits per heavy atom. The number of rotatable bonds is 5. The standard InChI is InChI=1S/C9H18O/c1-3-4-5-6-7-8-9(2)10/h5-6,9-10H,3-4,7-8H2,1-2H3. The molecule has 0 rings (SSSR count). The van der Waals surface area contributed by atoms with E-state index in [1.807, 2.05) is 6.92 Å². The van der Waals surface area contributed by atoms with Crippen molar-refractivity contribution in [1.29, 1.82) is 0 Å². The van der Waals surface area contributed by atoms with E-state index in [1.54, 1.807) is 0 Å². The molecule has 1 atom stereocenters. The number of hydrogen-bond donors (Lipinski definition) is 1. The summed E-state index contributed by atoms with van der Waals surface area (Å²) in [6.07, 6.45) is 8.47. The molecule has 1 N–H and O–H groups in total. The third-order valence-electron chi connectivity index (χ3n) is 1.37. The van der Waals surface area contributed by atoms with E-state index in [4.69, 9.17) is 5.11 Å². The van der Waals surface area contributed by atoms with Crippen LogP contribution in [-0.4, -0.2) is 11.2 Å². The Morgan fingerprint density at radius 3 is 2.40 bits per heavy atom. The van der Waals surface area contributed by atoms with Gasteiger partial charge in [-0.1, -0.05) is 25.5 Å². The van der Waals surface area contributed by atoms with Gasteiger partial charge in [-0.25, -0.2) is 0 Å². The van der Waals surface area contributed by atoms with Crippen LogP contribution in [0.2, 0.25) is 0 Å². The Kier molecular flexibility index (Phi) is 6.61. The molecule has 1 unspecified atom stereocenters.